The monoisotopic (exact) mass is 154 g/mol. The van der Waals surface area contributed by atoms with Gasteiger partial charge in [-0.2, -0.15) is 0 Å². The molecular formula is C9H14O2. The Morgan fingerprint density at radius 1 is 1.64 bits per heavy atom. The van der Waals surface area contributed by atoms with Crippen LogP contribution in [0.4, 0.5) is 0 Å². The smallest absolute Gasteiger partial charge is 0.333 e. The summed E-state index contributed by atoms with van der Waals surface area (Å²) in [7, 11) is 0. The van der Waals surface area contributed by atoms with Gasteiger partial charge in [0.05, 0.1) is 6.61 Å². The van der Waals surface area contributed by atoms with E-state index in [1.807, 2.05) is 6.92 Å². The second-order valence-corrected chi connectivity index (χ2v) is 2.03. The topological polar surface area (TPSA) is 26.3 Å². The summed E-state index contributed by atoms with van der Waals surface area (Å²) in [4.78, 5) is 11.0. The molecule has 2 heteroatoms. The standard InChI is InChI=1S/C9H14O2/c1-4-7-8(5-2)9(10)11-6-3/h4-5H,1,6-7H2,2-3H3. The second kappa shape index (κ2) is 5.71. The lowest BCUT2D eigenvalue weighted by molar-refractivity contribution is -0.138. The zero-order valence-corrected chi connectivity index (χ0v) is 7.09. The first-order chi connectivity index (χ1) is 5.26. The zero-order chi connectivity index (χ0) is 8.69. The van der Waals surface area contributed by atoms with E-state index in [-0.39, 0.29) is 5.97 Å². The highest BCUT2D eigenvalue weighted by atomic mass is 16.5. The normalized spacial score (nSPS) is 10.9. The Labute approximate surface area is 67.6 Å². The number of hydrogen-bond donors (Lipinski definition) is 0. The van der Waals surface area contributed by atoms with Crippen molar-refractivity contribution in [1.29, 1.82) is 0 Å². The second-order valence-electron chi connectivity index (χ2n) is 2.03. The van der Waals surface area contributed by atoms with Gasteiger partial charge in [0.25, 0.3) is 0 Å². The van der Waals surface area contributed by atoms with Gasteiger partial charge < -0.3 is 4.74 Å². The van der Waals surface area contributed by atoms with E-state index in [9.17, 15) is 4.79 Å². The van der Waals surface area contributed by atoms with Crippen molar-refractivity contribution in [3.8, 4) is 0 Å². The molecule has 0 aliphatic heterocycles. The van der Waals surface area contributed by atoms with Crippen LogP contribution in [0.3, 0.4) is 0 Å². The van der Waals surface area contributed by atoms with Crippen LogP contribution in [0.25, 0.3) is 0 Å². The molecule has 11 heavy (non-hydrogen) atoms. The van der Waals surface area contributed by atoms with Crippen molar-refractivity contribution >= 4 is 5.97 Å². The maximum atomic E-state index is 11.0. The van der Waals surface area contributed by atoms with Gasteiger partial charge in [-0.25, -0.2) is 4.79 Å². The summed E-state index contributed by atoms with van der Waals surface area (Å²) in [6.45, 7) is 7.57. The molecule has 2 nitrogen and oxygen atoms in total. The van der Waals surface area contributed by atoms with Crippen molar-refractivity contribution in [1.82, 2.24) is 0 Å². The molecule has 0 saturated heterocycles. The molecule has 0 spiro atoms. The molecule has 0 bridgehead atoms. The molecule has 0 atom stereocenters. The first-order valence-corrected chi connectivity index (χ1v) is 3.69. The van der Waals surface area contributed by atoms with Crippen LogP contribution in [0, 0.1) is 0 Å². The Morgan fingerprint density at radius 3 is 2.64 bits per heavy atom. The number of ether oxygens (including phenoxy) is 1. The maximum Gasteiger partial charge on any atom is 0.333 e. The Morgan fingerprint density at radius 2 is 2.27 bits per heavy atom. The van der Waals surface area contributed by atoms with Crippen molar-refractivity contribution in [3.05, 3.63) is 24.3 Å². The first kappa shape index (κ1) is 9.95. The van der Waals surface area contributed by atoms with Crippen LogP contribution in [-0.4, -0.2) is 12.6 Å². The summed E-state index contributed by atoms with van der Waals surface area (Å²) < 4.78 is 4.79. The van der Waals surface area contributed by atoms with Gasteiger partial charge in [0.1, 0.15) is 0 Å². The minimum absolute atomic E-state index is 0.241. The van der Waals surface area contributed by atoms with Crippen molar-refractivity contribution in [2.24, 2.45) is 0 Å². The quantitative estimate of drug-likeness (QED) is 0.352. The highest BCUT2D eigenvalue weighted by Crippen LogP contribution is 2.03. The van der Waals surface area contributed by atoms with Crippen LogP contribution in [0.1, 0.15) is 20.3 Å². The van der Waals surface area contributed by atoms with E-state index in [1.54, 1.807) is 19.1 Å². The van der Waals surface area contributed by atoms with Gasteiger partial charge in [-0.15, -0.1) is 6.58 Å². The van der Waals surface area contributed by atoms with Crippen molar-refractivity contribution in [3.63, 3.8) is 0 Å². The van der Waals surface area contributed by atoms with Crippen LogP contribution in [-0.2, 0) is 9.53 Å². The third-order valence-corrected chi connectivity index (χ3v) is 1.25. The fourth-order valence-electron chi connectivity index (χ4n) is 0.698. The molecule has 0 rings (SSSR count). The van der Waals surface area contributed by atoms with Gasteiger partial charge in [0, 0.05) is 5.57 Å². The number of rotatable bonds is 4. The minimum Gasteiger partial charge on any atom is -0.463 e. The number of carbonyl (C=O) groups excluding carboxylic acids is 1. The zero-order valence-electron chi connectivity index (χ0n) is 7.09. The fraction of sp³-hybridized carbons (Fsp3) is 0.444. The van der Waals surface area contributed by atoms with E-state index in [1.165, 1.54) is 0 Å². The van der Waals surface area contributed by atoms with E-state index in [0.717, 1.165) is 0 Å². The third-order valence-electron chi connectivity index (χ3n) is 1.25. The number of allylic oxidation sites excluding steroid dienone is 2. The van der Waals surface area contributed by atoms with Crippen molar-refractivity contribution in [2.45, 2.75) is 20.3 Å². The highest BCUT2D eigenvalue weighted by molar-refractivity contribution is 5.88. The van der Waals surface area contributed by atoms with Gasteiger partial charge in [0.2, 0.25) is 0 Å². The fourth-order valence-corrected chi connectivity index (χ4v) is 0.698. The average Bonchev–Trinajstić information content (AvgIpc) is 2.00. The molecule has 0 aromatic carbocycles. The molecule has 0 heterocycles. The Bertz CT molecular complexity index is 168. The third kappa shape index (κ3) is 3.61. The van der Waals surface area contributed by atoms with E-state index in [2.05, 4.69) is 6.58 Å². The number of esters is 1. The van der Waals surface area contributed by atoms with E-state index in [0.29, 0.717) is 18.6 Å². The van der Waals surface area contributed by atoms with E-state index in [4.69, 9.17) is 4.74 Å². The molecule has 0 aliphatic carbocycles. The van der Waals surface area contributed by atoms with Gasteiger partial charge in [-0.3, -0.25) is 0 Å². The molecule has 0 aromatic heterocycles. The summed E-state index contributed by atoms with van der Waals surface area (Å²) in [6, 6.07) is 0. The van der Waals surface area contributed by atoms with E-state index < -0.39 is 0 Å². The SMILES string of the molecule is C=CCC(=CC)C(=O)OCC. The number of carbonyl (C=O) groups is 1. The van der Waals surface area contributed by atoms with Gasteiger partial charge >= 0.3 is 5.97 Å². The molecule has 0 radical (unpaired) electrons. The first-order valence-electron chi connectivity index (χ1n) is 3.69. The van der Waals surface area contributed by atoms with Gasteiger partial charge in [-0.05, 0) is 20.3 Å². The van der Waals surface area contributed by atoms with Crippen molar-refractivity contribution in [2.75, 3.05) is 6.61 Å². The molecule has 0 saturated carbocycles. The molecule has 0 aromatic rings. The molecule has 0 unspecified atom stereocenters. The average molecular weight is 154 g/mol. The van der Waals surface area contributed by atoms with Crippen LogP contribution in [0.5, 0.6) is 0 Å². The Balaban J connectivity index is 4.04. The lowest BCUT2D eigenvalue weighted by Crippen LogP contribution is -2.06. The summed E-state index contributed by atoms with van der Waals surface area (Å²) >= 11 is 0. The Kier molecular flexibility index (Phi) is 5.17. The summed E-state index contributed by atoms with van der Waals surface area (Å²) in [5.74, 6) is -0.241. The predicted molar refractivity (Wildman–Crippen MR) is 45.2 cm³/mol. The molecule has 0 amide bonds. The van der Waals surface area contributed by atoms with Gasteiger partial charge in [-0.1, -0.05) is 12.2 Å². The van der Waals surface area contributed by atoms with Crippen LogP contribution < -0.4 is 0 Å². The summed E-state index contributed by atoms with van der Waals surface area (Å²) in [6.07, 6.45) is 4.02. The summed E-state index contributed by atoms with van der Waals surface area (Å²) in [5, 5.41) is 0. The molecule has 0 N–H and O–H groups in total. The lowest BCUT2D eigenvalue weighted by atomic mass is 10.2. The lowest BCUT2D eigenvalue weighted by Gasteiger charge is -2.02. The van der Waals surface area contributed by atoms with Crippen molar-refractivity contribution < 1.29 is 9.53 Å². The molecule has 0 fully saturated rings. The van der Waals surface area contributed by atoms with E-state index >= 15 is 0 Å². The minimum atomic E-state index is -0.241. The number of hydrogen-bond acceptors (Lipinski definition) is 2. The summed E-state index contributed by atoms with van der Waals surface area (Å²) in [5.41, 5.74) is 0.668. The van der Waals surface area contributed by atoms with Gasteiger partial charge in [0.15, 0.2) is 0 Å². The van der Waals surface area contributed by atoms with Crippen LogP contribution in [0.15, 0.2) is 24.3 Å². The molecular weight excluding hydrogens is 140 g/mol. The largest absolute Gasteiger partial charge is 0.463 e. The highest BCUT2D eigenvalue weighted by Gasteiger charge is 2.05. The Hall–Kier alpha value is -1.05. The molecule has 0 aliphatic rings. The van der Waals surface area contributed by atoms with Crippen LogP contribution >= 0.6 is 0 Å². The predicted octanol–water partition coefficient (Wildman–Crippen LogP) is 2.07. The maximum absolute atomic E-state index is 11.0. The van der Waals surface area contributed by atoms with Crippen LogP contribution in [0.2, 0.25) is 0 Å². The molecule has 62 valence electrons.